The first kappa shape index (κ1) is 13.6. The molecule has 1 aromatic heterocycles. The summed E-state index contributed by atoms with van der Waals surface area (Å²) in [7, 11) is 0. The molecule has 1 aromatic rings. The molecule has 1 saturated heterocycles. The second-order valence-electron chi connectivity index (χ2n) is 4.52. The van der Waals surface area contributed by atoms with Crippen molar-refractivity contribution >= 4 is 11.6 Å². The number of nitrogens with zero attached hydrogens (tertiary/aromatic N) is 2. The lowest BCUT2D eigenvalue weighted by Crippen LogP contribution is -2.33. The highest BCUT2D eigenvalue weighted by Gasteiger charge is 2.10. The highest BCUT2D eigenvalue weighted by Crippen LogP contribution is 2.19. The van der Waals surface area contributed by atoms with Crippen LogP contribution in [0.4, 0.5) is 0 Å². The molecule has 0 bridgehead atoms. The summed E-state index contributed by atoms with van der Waals surface area (Å²) in [5.74, 6) is 0.528. The van der Waals surface area contributed by atoms with Crippen molar-refractivity contribution in [2.24, 2.45) is 0 Å². The van der Waals surface area contributed by atoms with Gasteiger partial charge >= 0.3 is 0 Å². The maximum Gasteiger partial charge on any atom is 0.213 e. The zero-order valence-electron chi connectivity index (χ0n) is 10.4. The molecule has 1 aliphatic rings. The van der Waals surface area contributed by atoms with Gasteiger partial charge in [0.25, 0.3) is 0 Å². The van der Waals surface area contributed by atoms with E-state index in [1.807, 2.05) is 0 Å². The summed E-state index contributed by atoms with van der Waals surface area (Å²) in [5, 5.41) is 9.57. The lowest BCUT2D eigenvalue weighted by Gasteiger charge is -2.26. The van der Waals surface area contributed by atoms with Crippen molar-refractivity contribution in [3.8, 4) is 5.88 Å². The van der Waals surface area contributed by atoms with Crippen LogP contribution in [0.25, 0.3) is 0 Å². The number of aliphatic hydroxyl groups excluding tert-OH is 1. The number of hydrogen-bond acceptors (Lipinski definition) is 4. The lowest BCUT2D eigenvalue weighted by molar-refractivity contribution is 0.180. The zero-order chi connectivity index (χ0) is 12.8. The van der Waals surface area contributed by atoms with Crippen LogP contribution in [0, 0.1) is 0 Å². The number of halogens is 1. The minimum atomic E-state index is -0.0934. The zero-order valence-corrected chi connectivity index (χ0v) is 11.2. The Hall–Kier alpha value is -0.840. The first-order valence-corrected chi connectivity index (χ1v) is 6.78. The van der Waals surface area contributed by atoms with E-state index in [9.17, 15) is 0 Å². The number of rotatable bonds is 5. The van der Waals surface area contributed by atoms with E-state index in [0.717, 1.165) is 6.54 Å². The van der Waals surface area contributed by atoms with E-state index in [1.54, 1.807) is 6.07 Å². The van der Waals surface area contributed by atoms with Gasteiger partial charge in [-0.2, -0.15) is 0 Å². The fourth-order valence-corrected chi connectivity index (χ4v) is 2.28. The number of piperidine rings is 1. The molecule has 0 saturated carbocycles. The molecule has 0 spiro atoms. The number of hydrogen-bond donors (Lipinski definition) is 1. The number of ether oxygens (including phenoxy) is 1. The van der Waals surface area contributed by atoms with Crippen LogP contribution in [0.1, 0.15) is 24.8 Å². The van der Waals surface area contributed by atoms with Crippen LogP contribution in [-0.2, 0) is 6.61 Å². The Morgan fingerprint density at radius 2 is 2.11 bits per heavy atom. The summed E-state index contributed by atoms with van der Waals surface area (Å²) in [6.07, 6.45) is 5.43. The monoisotopic (exact) mass is 270 g/mol. The molecular weight excluding hydrogens is 252 g/mol. The molecule has 0 atom stereocenters. The third-order valence-corrected chi connectivity index (χ3v) is 3.53. The molecule has 1 N–H and O–H groups in total. The molecular formula is C13H19ClN2O2. The van der Waals surface area contributed by atoms with Crippen LogP contribution in [0.15, 0.2) is 12.3 Å². The highest BCUT2D eigenvalue weighted by atomic mass is 35.5. The largest absolute Gasteiger partial charge is 0.476 e. The van der Waals surface area contributed by atoms with E-state index >= 15 is 0 Å². The summed E-state index contributed by atoms with van der Waals surface area (Å²) in [5.41, 5.74) is 0.652. The van der Waals surface area contributed by atoms with Crippen molar-refractivity contribution in [1.82, 2.24) is 9.88 Å². The maximum absolute atomic E-state index is 9.10. The minimum Gasteiger partial charge on any atom is -0.476 e. The van der Waals surface area contributed by atoms with Crippen LogP contribution in [0.5, 0.6) is 5.88 Å². The average Bonchev–Trinajstić information content (AvgIpc) is 2.42. The molecule has 1 aliphatic heterocycles. The maximum atomic E-state index is 9.10. The fourth-order valence-electron chi connectivity index (χ4n) is 2.12. The van der Waals surface area contributed by atoms with Crippen LogP contribution in [-0.4, -0.2) is 41.2 Å². The fraction of sp³-hybridized carbons (Fsp3) is 0.615. The Balaban J connectivity index is 1.79. The van der Waals surface area contributed by atoms with Crippen LogP contribution >= 0.6 is 11.6 Å². The van der Waals surface area contributed by atoms with Gasteiger partial charge in [-0.1, -0.05) is 18.0 Å². The topological polar surface area (TPSA) is 45.6 Å². The SMILES string of the molecule is OCc1cc(OCCN2CCCCC2)ncc1Cl. The van der Waals surface area contributed by atoms with Crippen molar-refractivity contribution in [2.45, 2.75) is 25.9 Å². The Labute approximate surface area is 113 Å². The van der Waals surface area contributed by atoms with E-state index in [-0.39, 0.29) is 6.61 Å². The van der Waals surface area contributed by atoms with Crippen molar-refractivity contribution < 1.29 is 9.84 Å². The number of pyridine rings is 1. The molecule has 2 rings (SSSR count). The Morgan fingerprint density at radius 1 is 1.33 bits per heavy atom. The van der Waals surface area contributed by atoms with Gasteiger partial charge in [0.05, 0.1) is 11.6 Å². The van der Waals surface area contributed by atoms with E-state index < -0.39 is 0 Å². The van der Waals surface area contributed by atoms with Crippen molar-refractivity contribution in [1.29, 1.82) is 0 Å². The van der Waals surface area contributed by atoms with Gasteiger partial charge < -0.3 is 9.84 Å². The number of aliphatic hydroxyl groups is 1. The molecule has 4 nitrogen and oxygen atoms in total. The van der Waals surface area contributed by atoms with Gasteiger partial charge in [-0.25, -0.2) is 4.98 Å². The Kier molecular flexibility index (Phi) is 5.23. The standard InChI is InChI=1S/C13H19ClN2O2/c14-12-9-15-13(8-11(12)10-17)18-7-6-16-4-2-1-3-5-16/h8-9,17H,1-7,10H2. The molecule has 0 aliphatic carbocycles. The van der Waals surface area contributed by atoms with Gasteiger partial charge in [0.2, 0.25) is 5.88 Å². The first-order chi connectivity index (χ1) is 8.79. The van der Waals surface area contributed by atoms with Crippen molar-refractivity contribution in [3.05, 3.63) is 22.8 Å². The smallest absolute Gasteiger partial charge is 0.213 e. The predicted octanol–water partition coefficient (Wildman–Crippen LogP) is 2.09. The van der Waals surface area contributed by atoms with E-state index in [1.165, 1.54) is 38.5 Å². The summed E-state index contributed by atoms with van der Waals surface area (Å²) in [6.45, 7) is 3.79. The molecule has 0 radical (unpaired) electrons. The van der Waals surface area contributed by atoms with Crippen LogP contribution in [0.2, 0.25) is 5.02 Å². The number of likely N-dealkylation sites (tertiary alicyclic amines) is 1. The third-order valence-electron chi connectivity index (χ3n) is 3.19. The van der Waals surface area contributed by atoms with E-state index in [2.05, 4.69) is 9.88 Å². The second-order valence-corrected chi connectivity index (χ2v) is 4.93. The highest BCUT2D eigenvalue weighted by molar-refractivity contribution is 6.31. The second kappa shape index (κ2) is 6.92. The molecule has 0 amide bonds. The van der Waals surface area contributed by atoms with Gasteiger partial charge in [-0.15, -0.1) is 0 Å². The van der Waals surface area contributed by atoms with Crippen LogP contribution in [0.3, 0.4) is 0 Å². The normalized spacial score (nSPS) is 16.8. The molecule has 5 heteroatoms. The minimum absolute atomic E-state index is 0.0934. The Morgan fingerprint density at radius 3 is 2.83 bits per heavy atom. The lowest BCUT2D eigenvalue weighted by atomic mass is 10.1. The molecule has 1 fully saturated rings. The summed E-state index contributed by atoms with van der Waals surface area (Å²) >= 11 is 5.87. The molecule has 0 unspecified atom stereocenters. The molecule has 100 valence electrons. The van der Waals surface area contributed by atoms with Gasteiger partial charge in [-0.3, -0.25) is 4.90 Å². The summed E-state index contributed by atoms with van der Waals surface area (Å²) < 4.78 is 5.58. The molecule has 2 heterocycles. The van der Waals surface area contributed by atoms with Crippen molar-refractivity contribution in [2.75, 3.05) is 26.2 Å². The summed E-state index contributed by atoms with van der Waals surface area (Å²) in [6, 6.07) is 1.69. The molecule has 0 aromatic carbocycles. The average molecular weight is 271 g/mol. The van der Waals surface area contributed by atoms with Gasteiger partial charge in [0, 0.05) is 24.4 Å². The first-order valence-electron chi connectivity index (χ1n) is 6.40. The van der Waals surface area contributed by atoms with Gasteiger partial charge in [-0.05, 0) is 25.9 Å². The van der Waals surface area contributed by atoms with Gasteiger partial charge in [0.1, 0.15) is 6.61 Å². The summed E-state index contributed by atoms with van der Waals surface area (Å²) in [4.78, 5) is 6.49. The predicted molar refractivity (Wildman–Crippen MR) is 71.0 cm³/mol. The van der Waals surface area contributed by atoms with Crippen molar-refractivity contribution in [3.63, 3.8) is 0 Å². The Bertz CT molecular complexity index is 381. The van der Waals surface area contributed by atoms with Crippen LogP contribution < -0.4 is 4.74 Å². The van der Waals surface area contributed by atoms with E-state index in [0.29, 0.717) is 23.1 Å². The third kappa shape index (κ3) is 3.83. The number of aromatic nitrogens is 1. The van der Waals surface area contributed by atoms with Gasteiger partial charge in [0.15, 0.2) is 0 Å². The quantitative estimate of drug-likeness (QED) is 0.890. The molecule has 18 heavy (non-hydrogen) atoms. The van der Waals surface area contributed by atoms with E-state index in [4.69, 9.17) is 21.4 Å².